The highest BCUT2D eigenvalue weighted by molar-refractivity contribution is 5.84. The minimum Gasteiger partial charge on any atom is -0.356 e. The van der Waals surface area contributed by atoms with Crippen molar-refractivity contribution < 1.29 is 14.4 Å². The molecule has 27 heavy (non-hydrogen) atoms. The van der Waals surface area contributed by atoms with Crippen molar-refractivity contribution in [2.75, 3.05) is 32.7 Å². The van der Waals surface area contributed by atoms with Gasteiger partial charge in [-0.25, -0.2) is 0 Å². The lowest BCUT2D eigenvalue weighted by Crippen LogP contribution is -2.50. The van der Waals surface area contributed by atoms with Crippen LogP contribution >= 0.6 is 0 Å². The molecular weight excluding hydrogens is 342 g/mol. The van der Waals surface area contributed by atoms with Crippen molar-refractivity contribution in [3.05, 3.63) is 34.9 Å². The van der Waals surface area contributed by atoms with E-state index in [1.54, 1.807) is 16.7 Å². The van der Waals surface area contributed by atoms with E-state index in [0.717, 1.165) is 12.8 Å². The zero-order valence-corrected chi connectivity index (χ0v) is 16.7. The second kappa shape index (κ2) is 10.1. The average Bonchev–Trinajstić information content (AvgIpc) is 2.64. The van der Waals surface area contributed by atoms with Crippen molar-refractivity contribution in [3.63, 3.8) is 0 Å². The smallest absolute Gasteiger partial charge is 0.223 e. The van der Waals surface area contributed by atoms with Crippen LogP contribution in [0.2, 0.25) is 0 Å². The lowest BCUT2D eigenvalue weighted by molar-refractivity contribution is -0.139. The number of hydrogen-bond donors (Lipinski definition) is 1. The van der Waals surface area contributed by atoms with Crippen LogP contribution in [0.5, 0.6) is 0 Å². The van der Waals surface area contributed by atoms with Gasteiger partial charge in [-0.3, -0.25) is 14.4 Å². The lowest BCUT2D eigenvalue weighted by atomic mass is 10.0. The summed E-state index contributed by atoms with van der Waals surface area (Å²) in [6, 6.07) is 6.44. The number of nitrogens with one attached hydrogen (secondary N) is 1. The normalized spacial score (nSPS) is 14.2. The van der Waals surface area contributed by atoms with E-state index >= 15 is 0 Å². The maximum Gasteiger partial charge on any atom is 0.223 e. The summed E-state index contributed by atoms with van der Waals surface area (Å²) in [5, 5.41) is 2.90. The van der Waals surface area contributed by atoms with Gasteiger partial charge in [-0.05, 0) is 37.8 Å². The van der Waals surface area contributed by atoms with Gasteiger partial charge in [0.1, 0.15) is 0 Å². The van der Waals surface area contributed by atoms with E-state index in [-0.39, 0.29) is 30.6 Å². The standard InChI is InChI=1S/C21H31N3O3/c1-16-6-7-19(17(2)15-16)5-4-10-22-20(26)8-9-21(27)24-13-11-23(12-14-24)18(3)25/h6-7,15H,4-5,8-14H2,1-3H3,(H,22,26). The maximum absolute atomic E-state index is 12.2. The van der Waals surface area contributed by atoms with Gasteiger partial charge in [-0.2, -0.15) is 0 Å². The van der Waals surface area contributed by atoms with Crippen LogP contribution in [0.15, 0.2) is 18.2 Å². The van der Waals surface area contributed by atoms with Crippen LogP contribution in [0.25, 0.3) is 0 Å². The van der Waals surface area contributed by atoms with E-state index < -0.39 is 0 Å². The molecule has 0 saturated carbocycles. The van der Waals surface area contributed by atoms with Gasteiger partial charge in [0.05, 0.1) is 0 Å². The third-order valence-corrected chi connectivity index (χ3v) is 5.09. The molecular formula is C21H31N3O3. The van der Waals surface area contributed by atoms with E-state index in [2.05, 4.69) is 37.4 Å². The molecule has 0 aromatic heterocycles. The molecule has 1 heterocycles. The molecule has 1 N–H and O–H groups in total. The molecule has 148 valence electrons. The Hall–Kier alpha value is -2.37. The molecule has 0 unspecified atom stereocenters. The van der Waals surface area contributed by atoms with Gasteiger partial charge >= 0.3 is 0 Å². The van der Waals surface area contributed by atoms with E-state index in [4.69, 9.17) is 0 Å². The van der Waals surface area contributed by atoms with E-state index in [1.807, 2.05) is 0 Å². The van der Waals surface area contributed by atoms with Crippen molar-refractivity contribution >= 4 is 17.7 Å². The van der Waals surface area contributed by atoms with Crippen molar-refractivity contribution in [1.29, 1.82) is 0 Å². The van der Waals surface area contributed by atoms with E-state index in [0.29, 0.717) is 32.7 Å². The van der Waals surface area contributed by atoms with E-state index in [9.17, 15) is 14.4 Å². The van der Waals surface area contributed by atoms with Crippen LogP contribution in [-0.4, -0.2) is 60.2 Å². The first-order chi connectivity index (χ1) is 12.9. The molecule has 1 aliphatic rings. The first-order valence-corrected chi connectivity index (χ1v) is 9.73. The van der Waals surface area contributed by atoms with Crippen molar-refractivity contribution in [3.8, 4) is 0 Å². The Bertz CT molecular complexity index is 679. The minimum absolute atomic E-state index is 0.0105. The summed E-state index contributed by atoms with van der Waals surface area (Å²) in [7, 11) is 0. The zero-order chi connectivity index (χ0) is 19.8. The van der Waals surface area contributed by atoms with Gasteiger partial charge in [-0.15, -0.1) is 0 Å². The zero-order valence-electron chi connectivity index (χ0n) is 16.7. The Balaban J connectivity index is 1.60. The molecule has 1 aliphatic heterocycles. The SMILES string of the molecule is CC(=O)N1CCN(C(=O)CCC(=O)NCCCc2ccc(C)cc2C)CC1. The number of rotatable bonds is 7. The fourth-order valence-electron chi connectivity index (χ4n) is 3.37. The molecule has 6 nitrogen and oxygen atoms in total. The second-order valence-corrected chi connectivity index (χ2v) is 7.27. The fraction of sp³-hybridized carbons (Fsp3) is 0.571. The summed E-state index contributed by atoms with van der Waals surface area (Å²) in [6.45, 7) is 8.62. The maximum atomic E-state index is 12.2. The molecule has 2 rings (SSSR count). The van der Waals surface area contributed by atoms with Crippen LogP contribution in [-0.2, 0) is 20.8 Å². The lowest BCUT2D eigenvalue weighted by Gasteiger charge is -2.34. The largest absolute Gasteiger partial charge is 0.356 e. The Labute approximate surface area is 161 Å². The third kappa shape index (κ3) is 6.70. The van der Waals surface area contributed by atoms with Crippen LogP contribution in [0.4, 0.5) is 0 Å². The molecule has 6 heteroatoms. The Morgan fingerprint density at radius 2 is 1.67 bits per heavy atom. The molecule has 1 aromatic carbocycles. The fourth-order valence-corrected chi connectivity index (χ4v) is 3.37. The van der Waals surface area contributed by atoms with Crippen LogP contribution < -0.4 is 5.32 Å². The molecule has 0 spiro atoms. The summed E-state index contributed by atoms with van der Waals surface area (Å²) in [5.74, 6) is -0.0442. The van der Waals surface area contributed by atoms with Crippen molar-refractivity contribution in [2.24, 2.45) is 0 Å². The van der Waals surface area contributed by atoms with E-state index in [1.165, 1.54) is 16.7 Å². The summed E-state index contributed by atoms with van der Waals surface area (Å²) in [5.41, 5.74) is 3.86. The molecule has 1 aromatic rings. The van der Waals surface area contributed by atoms with Crippen LogP contribution in [0, 0.1) is 13.8 Å². The van der Waals surface area contributed by atoms with Crippen LogP contribution in [0.3, 0.4) is 0 Å². The van der Waals surface area contributed by atoms with Gasteiger partial charge in [0.25, 0.3) is 0 Å². The Morgan fingerprint density at radius 1 is 1.00 bits per heavy atom. The molecule has 3 amide bonds. The number of amides is 3. The first kappa shape index (κ1) is 20.9. The number of nitrogens with zero attached hydrogens (tertiary/aromatic N) is 2. The van der Waals surface area contributed by atoms with Crippen molar-refractivity contribution in [2.45, 2.75) is 46.5 Å². The number of benzene rings is 1. The predicted molar refractivity (Wildman–Crippen MR) is 105 cm³/mol. The summed E-state index contributed by atoms with van der Waals surface area (Å²) < 4.78 is 0. The molecule has 0 radical (unpaired) electrons. The highest BCUT2D eigenvalue weighted by Gasteiger charge is 2.22. The minimum atomic E-state index is -0.0775. The summed E-state index contributed by atoms with van der Waals surface area (Å²) >= 11 is 0. The summed E-state index contributed by atoms with van der Waals surface area (Å²) in [6.07, 6.45) is 2.26. The average molecular weight is 373 g/mol. The third-order valence-electron chi connectivity index (χ3n) is 5.09. The molecule has 0 aliphatic carbocycles. The quantitative estimate of drug-likeness (QED) is 0.741. The monoisotopic (exact) mass is 373 g/mol. The van der Waals surface area contributed by atoms with Gasteiger partial charge in [0.15, 0.2) is 0 Å². The molecule has 0 atom stereocenters. The van der Waals surface area contributed by atoms with Gasteiger partial charge in [0, 0.05) is 52.5 Å². The number of aryl methyl sites for hydroxylation is 3. The summed E-state index contributed by atoms with van der Waals surface area (Å²) in [4.78, 5) is 39.0. The van der Waals surface area contributed by atoms with Crippen LogP contribution in [0.1, 0.15) is 42.9 Å². The Kier molecular flexibility index (Phi) is 7.82. The highest BCUT2D eigenvalue weighted by Crippen LogP contribution is 2.12. The van der Waals surface area contributed by atoms with Gasteiger partial charge in [0.2, 0.25) is 17.7 Å². The second-order valence-electron chi connectivity index (χ2n) is 7.27. The highest BCUT2D eigenvalue weighted by atomic mass is 16.2. The molecule has 1 fully saturated rings. The first-order valence-electron chi connectivity index (χ1n) is 9.73. The van der Waals surface area contributed by atoms with Gasteiger partial charge < -0.3 is 15.1 Å². The van der Waals surface area contributed by atoms with Crippen molar-refractivity contribution in [1.82, 2.24) is 15.1 Å². The molecule has 0 bridgehead atoms. The number of carbonyl (C=O) groups is 3. The Morgan fingerprint density at radius 3 is 2.30 bits per heavy atom. The molecule has 1 saturated heterocycles. The number of piperazine rings is 1. The topological polar surface area (TPSA) is 69.7 Å². The number of hydrogen-bond acceptors (Lipinski definition) is 3. The number of carbonyl (C=O) groups excluding carboxylic acids is 3. The van der Waals surface area contributed by atoms with Gasteiger partial charge in [-0.1, -0.05) is 23.8 Å². The predicted octanol–water partition coefficient (Wildman–Crippen LogP) is 1.82.